The summed E-state index contributed by atoms with van der Waals surface area (Å²) in [5, 5.41) is 17.2. The normalized spacial score (nSPS) is 12.1. The molecule has 0 aromatic heterocycles. The summed E-state index contributed by atoms with van der Waals surface area (Å²) >= 11 is 1.25. The van der Waals surface area contributed by atoms with E-state index in [1.807, 2.05) is 0 Å². The fourth-order valence-corrected chi connectivity index (χ4v) is 2.47. The fraction of sp³-hybridized carbons (Fsp3) is 0.333. The van der Waals surface area contributed by atoms with E-state index in [-0.39, 0.29) is 17.4 Å². The molecule has 1 unspecified atom stereocenters. The molecule has 0 aliphatic heterocycles. The number of carboxylic acids is 2. The van der Waals surface area contributed by atoms with Crippen LogP contribution in [0.15, 0.2) is 29.2 Å². The van der Waals surface area contributed by atoms with Crippen molar-refractivity contribution in [2.24, 2.45) is 5.73 Å². The molecule has 1 atom stereocenters. The molecular formula is C12H15NO4S. The molecule has 4 N–H and O–H groups in total. The van der Waals surface area contributed by atoms with Gasteiger partial charge in [-0.3, -0.25) is 4.79 Å². The lowest BCUT2D eigenvalue weighted by Crippen LogP contribution is -2.16. The van der Waals surface area contributed by atoms with Gasteiger partial charge in [-0.1, -0.05) is 12.1 Å². The lowest BCUT2D eigenvalue weighted by molar-refractivity contribution is -0.137. The van der Waals surface area contributed by atoms with E-state index < -0.39 is 11.9 Å². The fourth-order valence-electron chi connectivity index (χ4n) is 1.42. The van der Waals surface area contributed by atoms with Gasteiger partial charge in [-0.2, -0.15) is 0 Å². The van der Waals surface area contributed by atoms with Crippen LogP contribution in [-0.4, -0.2) is 27.5 Å². The number of carbonyl (C=O) groups is 2. The van der Waals surface area contributed by atoms with Crippen molar-refractivity contribution in [3.8, 4) is 0 Å². The third-order valence-corrected chi connectivity index (χ3v) is 3.42. The lowest BCUT2D eigenvalue weighted by atomic mass is 10.2. The largest absolute Gasteiger partial charge is 0.481 e. The van der Waals surface area contributed by atoms with Gasteiger partial charge in [0.25, 0.3) is 0 Å². The van der Waals surface area contributed by atoms with Gasteiger partial charge < -0.3 is 15.9 Å². The van der Waals surface area contributed by atoms with Crippen LogP contribution in [0.5, 0.6) is 0 Å². The average Bonchev–Trinajstić information content (AvgIpc) is 2.28. The molecule has 1 rings (SSSR count). The number of benzene rings is 1. The summed E-state index contributed by atoms with van der Waals surface area (Å²) < 4.78 is 0. The minimum Gasteiger partial charge on any atom is -0.481 e. The molecule has 0 spiro atoms. The zero-order chi connectivity index (χ0) is 13.5. The molecule has 0 aliphatic carbocycles. The van der Waals surface area contributed by atoms with Crippen molar-refractivity contribution < 1.29 is 19.8 Å². The van der Waals surface area contributed by atoms with Gasteiger partial charge in [0, 0.05) is 11.3 Å². The molecule has 0 fully saturated rings. The molecule has 1 aromatic rings. The highest BCUT2D eigenvalue weighted by molar-refractivity contribution is 8.00. The number of hydrogen-bond donors (Lipinski definition) is 3. The first-order valence-electron chi connectivity index (χ1n) is 5.47. The molecule has 98 valence electrons. The Bertz CT molecular complexity index is 436. The Balaban J connectivity index is 2.56. The molecule has 0 saturated carbocycles. The van der Waals surface area contributed by atoms with E-state index in [9.17, 15) is 9.59 Å². The van der Waals surface area contributed by atoms with Gasteiger partial charge in [0.15, 0.2) is 0 Å². The van der Waals surface area contributed by atoms with Crippen molar-refractivity contribution in [3.63, 3.8) is 0 Å². The SMILES string of the molecule is NC(CCCC(=O)O)Sc1ccccc1C(=O)O. The van der Waals surface area contributed by atoms with Crippen LogP contribution in [0.25, 0.3) is 0 Å². The number of aliphatic carboxylic acids is 1. The third-order valence-electron chi connectivity index (χ3n) is 2.28. The molecular weight excluding hydrogens is 254 g/mol. The van der Waals surface area contributed by atoms with Gasteiger partial charge in [-0.15, -0.1) is 11.8 Å². The summed E-state index contributed by atoms with van der Waals surface area (Å²) in [4.78, 5) is 21.9. The smallest absolute Gasteiger partial charge is 0.336 e. The van der Waals surface area contributed by atoms with Crippen LogP contribution in [0.3, 0.4) is 0 Å². The van der Waals surface area contributed by atoms with Gasteiger partial charge >= 0.3 is 11.9 Å². The molecule has 6 heteroatoms. The maximum Gasteiger partial charge on any atom is 0.336 e. The summed E-state index contributed by atoms with van der Waals surface area (Å²) in [5.74, 6) is -1.84. The highest BCUT2D eigenvalue weighted by atomic mass is 32.2. The minimum atomic E-state index is -0.990. The summed E-state index contributed by atoms with van der Waals surface area (Å²) in [5.41, 5.74) is 6.06. The highest BCUT2D eigenvalue weighted by Gasteiger charge is 2.13. The molecule has 5 nitrogen and oxygen atoms in total. The van der Waals surface area contributed by atoms with E-state index in [2.05, 4.69) is 0 Å². The predicted octanol–water partition coefficient (Wildman–Crippen LogP) is 2.02. The number of aromatic carboxylic acids is 1. The monoisotopic (exact) mass is 269 g/mol. The Morgan fingerprint density at radius 3 is 2.56 bits per heavy atom. The van der Waals surface area contributed by atoms with Crippen molar-refractivity contribution in [3.05, 3.63) is 29.8 Å². The van der Waals surface area contributed by atoms with Crippen molar-refractivity contribution >= 4 is 23.7 Å². The van der Waals surface area contributed by atoms with Gasteiger partial charge in [0.05, 0.1) is 10.9 Å². The lowest BCUT2D eigenvalue weighted by Gasteiger charge is -2.12. The second-order valence-corrected chi connectivity index (χ2v) is 5.02. The van der Waals surface area contributed by atoms with E-state index in [1.54, 1.807) is 18.2 Å². The molecule has 0 heterocycles. The standard InChI is InChI=1S/C12H15NO4S/c13-10(6-3-7-11(14)15)18-9-5-2-1-4-8(9)12(16)17/h1-2,4-5,10H,3,6-7,13H2,(H,14,15)(H,16,17). The van der Waals surface area contributed by atoms with Crippen LogP contribution in [0.2, 0.25) is 0 Å². The number of rotatable bonds is 7. The molecule has 0 aliphatic rings. The van der Waals surface area contributed by atoms with E-state index in [0.29, 0.717) is 17.7 Å². The molecule has 18 heavy (non-hydrogen) atoms. The van der Waals surface area contributed by atoms with E-state index >= 15 is 0 Å². The topological polar surface area (TPSA) is 101 Å². The van der Waals surface area contributed by atoms with E-state index in [4.69, 9.17) is 15.9 Å². The van der Waals surface area contributed by atoms with Gasteiger partial charge in [-0.25, -0.2) is 4.79 Å². The molecule has 0 radical (unpaired) electrons. The first kappa shape index (κ1) is 14.5. The second kappa shape index (κ2) is 7.03. The molecule has 0 bridgehead atoms. The van der Waals surface area contributed by atoms with Crippen LogP contribution in [-0.2, 0) is 4.79 Å². The Kier molecular flexibility index (Phi) is 5.67. The van der Waals surface area contributed by atoms with Crippen molar-refractivity contribution in [2.45, 2.75) is 29.5 Å². The zero-order valence-corrected chi connectivity index (χ0v) is 10.5. The van der Waals surface area contributed by atoms with Gasteiger partial charge in [0.2, 0.25) is 0 Å². The zero-order valence-electron chi connectivity index (χ0n) is 9.70. The van der Waals surface area contributed by atoms with Crippen molar-refractivity contribution in [2.75, 3.05) is 0 Å². The third kappa shape index (κ3) is 4.77. The molecule has 0 saturated heterocycles. The maximum absolute atomic E-state index is 11.0. The van der Waals surface area contributed by atoms with Crippen LogP contribution < -0.4 is 5.73 Å². The average molecular weight is 269 g/mol. The first-order chi connectivity index (χ1) is 8.50. The summed E-state index contributed by atoms with van der Waals surface area (Å²) in [6, 6.07) is 6.63. The predicted molar refractivity (Wildman–Crippen MR) is 68.7 cm³/mol. The van der Waals surface area contributed by atoms with Crippen LogP contribution >= 0.6 is 11.8 Å². The minimum absolute atomic E-state index is 0.0782. The van der Waals surface area contributed by atoms with E-state index in [1.165, 1.54) is 17.8 Å². The van der Waals surface area contributed by atoms with Crippen molar-refractivity contribution in [1.82, 2.24) is 0 Å². The summed E-state index contributed by atoms with van der Waals surface area (Å²) in [6.07, 6.45) is 1.10. The Morgan fingerprint density at radius 1 is 1.28 bits per heavy atom. The summed E-state index contributed by atoms with van der Waals surface area (Å²) in [6.45, 7) is 0. The first-order valence-corrected chi connectivity index (χ1v) is 6.35. The molecule has 1 aromatic carbocycles. The quantitative estimate of drug-likeness (QED) is 0.517. The Morgan fingerprint density at radius 2 is 1.94 bits per heavy atom. The maximum atomic E-state index is 11.0. The van der Waals surface area contributed by atoms with Crippen LogP contribution in [0, 0.1) is 0 Å². The van der Waals surface area contributed by atoms with Gasteiger partial charge in [0.1, 0.15) is 0 Å². The Hall–Kier alpha value is -1.53. The van der Waals surface area contributed by atoms with Crippen molar-refractivity contribution in [1.29, 1.82) is 0 Å². The second-order valence-electron chi connectivity index (χ2n) is 3.74. The highest BCUT2D eigenvalue weighted by Crippen LogP contribution is 2.27. The number of hydrogen-bond acceptors (Lipinski definition) is 4. The van der Waals surface area contributed by atoms with E-state index in [0.717, 1.165) is 0 Å². The number of thioether (sulfide) groups is 1. The van der Waals surface area contributed by atoms with Crippen LogP contribution in [0.4, 0.5) is 0 Å². The number of carboxylic acid groups (broad SMARTS) is 2. The Labute approximate surface area is 109 Å². The number of nitrogens with two attached hydrogens (primary N) is 1. The van der Waals surface area contributed by atoms with Crippen LogP contribution in [0.1, 0.15) is 29.6 Å². The summed E-state index contributed by atoms with van der Waals surface area (Å²) in [7, 11) is 0. The van der Waals surface area contributed by atoms with Gasteiger partial charge in [-0.05, 0) is 25.0 Å². The molecule has 0 amide bonds.